The topological polar surface area (TPSA) is 52.0 Å². The van der Waals surface area contributed by atoms with Crippen LogP contribution in [0.3, 0.4) is 0 Å². The van der Waals surface area contributed by atoms with Crippen LogP contribution in [0.15, 0.2) is 24.3 Å². The average molecular weight is 321 g/mol. The van der Waals surface area contributed by atoms with Crippen molar-refractivity contribution in [3.05, 3.63) is 24.3 Å². The van der Waals surface area contributed by atoms with Gasteiger partial charge in [-0.3, -0.25) is 4.79 Å². The Morgan fingerprint density at radius 2 is 1.78 bits per heavy atom. The van der Waals surface area contributed by atoms with Gasteiger partial charge in [-0.25, -0.2) is 0 Å². The standard InChI is InChI=1S/C18H28N2O3/c1-3-22-16-4-6-17(7-5-16)23-13-10-19-18(21)14-20-11-8-15(2)9-12-20/h4-7,15H,3,8-14H2,1-2H3,(H,19,21)/p+1. The molecule has 0 spiro atoms. The Hall–Kier alpha value is -1.75. The van der Waals surface area contributed by atoms with E-state index in [1.54, 1.807) is 0 Å². The lowest BCUT2D eigenvalue weighted by Gasteiger charge is -2.26. The number of piperidine rings is 1. The summed E-state index contributed by atoms with van der Waals surface area (Å²) >= 11 is 0. The van der Waals surface area contributed by atoms with Crippen molar-refractivity contribution in [2.24, 2.45) is 5.92 Å². The molecule has 2 N–H and O–H groups in total. The van der Waals surface area contributed by atoms with E-state index in [-0.39, 0.29) is 5.91 Å². The number of rotatable bonds is 8. The molecular weight excluding hydrogens is 292 g/mol. The first kappa shape index (κ1) is 17.6. The van der Waals surface area contributed by atoms with Gasteiger partial charge in [-0.2, -0.15) is 0 Å². The molecule has 128 valence electrons. The van der Waals surface area contributed by atoms with Gasteiger partial charge in [0.2, 0.25) is 0 Å². The Labute approximate surface area is 139 Å². The summed E-state index contributed by atoms with van der Waals surface area (Å²) in [7, 11) is 0. The molecule has 23 heavy (non-hydrogen) atoms. The van der Waals surface area contributed by atoms with Crippen LogP contribution in [0.4, 0.5) is 0 Å². The molecule has 1 fully saturated rings. The summed E-state index contributed by atoms with van der Waals surface area (Å²) in [6, 6.07) is 7.54. The largest absolute Gasteiger partial charge is 0.494 e. The summed E-state index contributed by atoms with van der Waals surface area (Å²) in [5, 5.41) is 2.93. The minimum atomic E-state index is 0.116. The molecule has 2 rings (SSSR count). The van der Waals surface area contributed by atoms with E-state index in [4.69, 9.17) is 9.47 Å². The molecule has 1 amide bonds. The zero-order valence-electron chi connectivity index (χ0n) is 14.3. The Morgan fingerprint density at radius 3 is 2.39 bits per heavy atom. The molecule has 0 saturated carbocycles. The number of carbonyl (C=O) groups is 1. The van der Waals surface area contributed by atoms with Crippen molar-refractivity contribution in [2.45, 2.75) is 26.7 Å². The lowest BCUT2D eigenvalue weighted by atomic mass is 9.99. The molecular formula is C18H29N2O3+. The van der Waals surface area contributed by atoms with Gasteiger partial charge in [0.15, 0.2) is 6.54 Å². The molecule has 0 radical (unpaired) electrons. The van der Waals surface area contributed by atoms with E-state index < -0.39 is 0 Å². The van der Waals surface area contributed by atoms with Gasteiger partial charge < -0.3 is 19.7 Å². The zero-order chi connectivity index (χ0) is 16.5. The first-order chi connectivity index (χ1) is 11.2. The number of amides is 1. The fourth-order valence-electron chi connectivity index (χ4n) is 2.79. The lowest BCUT2D eigenvalue weighted by molar-refractivity contribution is -0.898. The molecule has 0 unspecified atom stereocenters. The van der Waals surface area contributed by atoms with E-state index in [9.17, 15) is 4.79 Å². The van der Waals surface area contributed by atoms with Gasteiger partial charge in [0.25, 0.3) is 5.91 Å². The fourth-order valence-corrected chi connectivity index (χ4v) is 2.79. The summed E-state index contributed by atoms with van der Waals surface area (Å²) < 4.78 is 11.0. The maximum absolute atomic E-state index is 11.9. The number of ether oxygens (including phenoxy) is 2. The second kappa shape index (κ2) is 9.40. The van der Waals surface area contributed by atoms with Gasteiger partial charge in [0, 0.05) is 0 Å². The Morgan fingerprint density at radius 1 is 1.17 bits per heavy atom. The van der Waals surface area contributed by atoms with Crippen molar-refractivity contribution < 1.29 is 19.2 Å². The zero-order valence-corrected chi connectivity index (χ0v) is 14.3. The van der Waals surface area contributed by atoms with Gasteiger partial charge in [0.1, 0.15) is 18.1 Å². The summed E-state index contributed by atoms with van der Waals surface area (Å²) in [6.45, 7) is 8.71. The van der Waals surface area contributed by atoms with Crippen LogP contribution in [0.25, 0.3) is 0 Å². The van der Waals surface area contributed by atoms with Crippen LogP contribution in [0.1, 0.15) is 26.7 Å². The molecule has 1 aliphatic rings. The maximum atomic E-state index is 11.9. The molecule has 0 aromatic heterocycles. The average Bonchev–Trinajstić information content (AvgIpc) is 2.55. The van der Waals surface area contributed by atoms with Crippen molar-refractivity contribution in [3.8, 4) is 11.5 Å². The van der Waals surface area contributed by atoms with Gasteiger partial charge in [-0.05, 0) is 49.9 Å². The Bertz CT molecular complexity index is 468. The normalized spacial score (nSPS) is 20.8. The summed E-state index contributed by atoms with van der Waals surface area (Å²) in [5.74, 6) is 2.56. The van der Waals surface area contributed by atoms with Crippen LogP contribution in [0.5, 0.6) is 11.5 Å². The molecule has 0 atom stereocenters. The number of benzene rings is 1. The summed E-state index contributed by atoms with van der Waals surface area (Å²) in [6.07, 6.45) is 2.45. The first-order valence-electron chi connectivity index (χ1n) is 8.63. The minimum Gasteiger partial charge on any atom is -0.494 e. The van der Waals surface area contributed by atoms with Crippen molar-refractivity contribution in [3.63, 3.8) is 0 Å². The number of likely N-dealkylation sites (tertiary alicyclic amines) is 1. The third-order valence-corrected chi connectivity index (χ3v) is 4.22. The predicted octanol–water partition coefficient (Wildman–Crippen LogP) is 0.895. The summed E-state index contributed by atoms with van der Waals surface area (Å²) in [4.78, 5) is 13.3. The van der Waals surface area contributed by atoms with E-state index in [0.717, 1.165) is 30.5 Å². The molecule has 5 heteroatoms. The van der Waals surface area contributed by atoms with Crippen molar-refractivity contribution in [1.29, 1.82) is 0 Å². The SMILES string of the molecule is CCOc1ccc(OCCNC(=O)C[NH+]2CCC(C)CC2)cc1. The van der Waals surface area contributed by atoms with Crippen LogP contribution < -0.4 is 19.7 Å². The Kier molecular flexibility index (Phi) is 7.20. The number of nitrogens with one attached hydrogen (secondary N) is 2. The lowest BCUT2D eigenvalue weighted by Crippen LogP contribution is -3.14. The van der Waals surface area contributed by atoms with Crippen LogP contribution in [-0.2, 0) is 4.79 Å². The van der Waals surface area contributed by atoms with E-state index in [1.807, 2.05) is 31.2 Å². The van der Waals surface area contributed by atoms with Crippen LogP contribution in [-0.4, -0.2) is 45.3 Å². The van der Waals surface area contributed by atoms with Gasteiger partial charge >= 0.3 is 0 Å². The molecule has 1 heterocycles. The van der Waals surface area contributed by atoms with Crippen LogP contribution >= 0.6 is 0 Å². The molecule has 1 saturated heterocycles. The molecule has 1 aromatic rings. The van der Waals surface area contributed by atoms with Gasteiger partial charge in [-0.1, -0.05) is 6.92 Å². The van der Waals surface area contributed by atoms with Crippen molar-refractivity contribution in [1.82, 2.24) is 5.32 Å². The van der Waals surface area contributed by atoms with Crippen LogP contribution in [0.2, 0.25) is 0 Å². The van der Waals surface area contributed by atoms with E-state index in [1.165, 1.54) is 17.7 Å². The van der Waals surface area contributed by atoms with E-state index in [2.05, 4.69) is 12.2 Å². The van der Waals surface area contributed by atoms with Gasteiger partial charge in [-0.15, -0.1) is 0 Å². The highest BCUT2D eigenvalue weighted by atomic mass is 16.5. The number of hydrogen-bond donors (Lipinski definition) is 2. The molecule has 0 aliphatic carbocycles. The summed E-state index contributed by atoms with van der Waals surface area (Å²) in [5.41, 5.74) is 0. The first-order valence-corrected chi connectivity index (χ1v) is 8.63. The molecule has 1 aliphatic heterocycles. The van der Waals surface area contributed by atoms with Crippen LogP contribution in [0, 0.1) is 5.92 Å². The highest BCUT2D eigenvalue weighted by Crippen LogP contribution is 2.17. The van der Waals surface area contributed by atoms with Crippen molar-refractivity contribution in [2.75, 3.05) is 39.4 Å². The number of carbonyl (C=O) groups excluding carboxylic acids is 1. The highest BCUT2D eigenvalue weighted by molar-refractivity contribution is 5.76. The third-order valence-electron chi connectivity index (χ3n) is 4.22. The second-order valence-corrected chi connectivity index (χ2v) is 6.21. The maximum Gasteiger partial charge on any atom is 0.275 e. The number of hydrogen-bond acceptors (Lipinski definition) is 3. The second-order valence-electron chi connectivity index (χ2n) is 6.21. The smallest absolute Gasteiger partial charge is 0.275 e. The highest BCUT2D eigenvalue weighted by Gasteiger charge is 2.20. The number of quaternary nitrogens is 1. The van der Waals surface area contributed by atoms with Gasteiger partial charge in [0.05, 0.1) is 26.2 Å². The Balaban J connectivity index is 1.58. The van der Waals surface area contributed by atoms with E-state index >= 15 is 0 Å². The monoisotopic (exact) mass is 321 g/mol. The van der Waals surface area contributed by atoms with E-state index in [0.29, 0.717) is 26.3 Å². The third kappa shape index (κ3) is 6.48. The molecule has 0 bridgehead atoms. The minimum absolute atomic E-state index is 0.116. The quantitative estimate of drug-likeness (QED) is 0.700. The van der Waals surface area contributed by atoms with Crippen molar-refractivity contribution >= 4 is 5.91 Å². The fraction of sp³-hybridized carbons (Fsp3) is 0.611. The molecule has 1 aromatic carbocycles. The predicted molar refractivity (Wildman–Crippen MR) is 90.1 cm³/mol. The molecule has 5 nitrogen and oxygen atoms in total.